The Morgan fingerprint density at radius 2 is 1.83 bits per heavy atom. The standard InChI is InChI=1S/C12H18/c1-9-5-6-11(3)12(4)8-10(2)7-9/h6-9H,5H2,1-4H3. The third-order valence-corrected chi connectivity index (χ3v) is 2.41. The molecule has 12 heavy (non-hydrogen) atoms. The average molecular weight is 162 g/mol. The molecule has 66 valence electrons. The Morgan fingerprint density at radius 3 is 2.50 bits per heavy atom. The molecule has 0 N–H and O–H groups in total. The fraction of sp³-hybridized carbons (Fsp3) is 0.500. The summed E-state index contributed by atoms with van der Waals surface area (Å²) in [6.07, 6.45) is 8.11. The lowest BCUT2D eigenvalue weighted by atomic mass is 9.96. The van der Waals surface area contributed by atoms with Gasteiger partial charge in [-0.05, 0) is 38.7 Å². The summed E-state index contributed by atoms with van der Waals surface area (Å²) in [5.41, 5.74) is 4.22. The molecule has 0 aromatic rings. The first-order valence-electron chi connectivity index (χ1n) is 4.63. The highest BCUT2D eigenvalue weighted by atomic mass is 14.1. The van der Waals surface area contributed by atoms with Crippen molar-refractivity contribution in [3.8, 4) is 0 Å². The molecule has 0 saturated heterocycles. The van der Waals surface area contributed by atoms with Crippen molar-refractivity contribution < 1.29 is 0 Å². The molecule has 1 unspecified atom stereocenters. The van der Waals surface area contributed by atoms with Gasteiger partial charge in [0.25, 0.3) is 0 Å². The maximum Gasteiger partial charge on any atom is -0.0221 e. The second-order valence-electron chi connectivity index (χ2n) is 3.84. The molecule has 0 aliphatic heterocycles. The minimum atomic E-state index is 0.685. The Balaban J connectivity index is 2.97. The molecule has 0 heterocycles. The second-order valence-corrected chi connectivity index (χ2v) is 3.84. The van der Waals surface area contributed by atoms with Gasteiger partial charge in [-0.2, -0.15) is 0 Å². The molecule has 1 aliphatic rings. The van der Waals surface area contributed by atoms with Gasteiger partial charge in [0.1, 0.15) is 0 Å². The Labute approximate surface area is 75.7 Å². The predicted molar refractivity (Wildman–Crippen MR) is 55.1 cm³/mol. The van der Waals surface area contributed by atoms with Crippen LogP contribution in [0.4, 0.5) is 0 Å². The van der Waals surface area contributed by atoms with Crippen LogP contribution in [-0.4, -0.2) is 0 Å². The molecule has 1 aliphatic carbocycles. The number of allylic oxidation sites excluding steroid dienone is 6. The van der Waals surface area contributed by atoms with Crippen LogP contribution in [0.25, 0.3) is 0 Å². The average Bonchev–Trinajstić information content (AvgIpc) is 1.98. The highest BCUT2D eigenvalue weighted by molar-refractivity contribution is 5.35. The Kier molecular flexibility index (Phi) is 2.91. The van der Waals surface area contributed by atoms with E-state index in [4.69, 9.17) is 0 Å². The molecular weight excluding hydrogens is 144 g/mol. The van der Waals surface area contributed by atoms with Crippen molar-refractivity contribution in [3.05, 3.63) is 34.9 Å². The van der Waals surface area contributed by atoms with E-state index in [0.717, 1.165) is 0 Å². The lowest BCUT2D eigenvalue weighted by molar-refractivity contribution is 0.734. The molecule has 0 saturated carbocycles. The zero-order chi connectivity index (χ0) is 9.14. The van der Waals surface area contributed by atoms with E-state index in [1.54, 1.807) is 0 Å². The van der Waals surface area contributed by atoms with Gasteiger partial charge in [0.15, 0.2) is 0 Å². The van der Waals surface area contributed by atoms with Crippen LogP contribution >= 0.6 is 0 Å². The Bertz CT molecular complexity index is 251. The van der Waals surface area contributed by atoms with E-state index in [9.17, 15) is 0 Å². The monoisotopic (exact) mass is 162 g/mol. The predicted octanol–water partition coefficient (Wildman–Crippen LogP) is 3.87. The highest BCUT2D eigenvalue weighted by Gasteiger charge is 2.01. The molecule has 0 spiro atoms. The van der Waals surface area contributed by atoms with E-state index in [1.807, 2.05) is 0 Å². The first-order chi connectivity index (χ1) is 5.59. The van der Waals surface area contributed by atoms with Gasteiger partial charge in [-0.15, -0.1) is 0 Å². The lowest BCUT2D eigenvalue weighted by Gasteiger charge is -2.10. The summed E-state index contributed by atoms with van der Waals surface area (Å²) in [6, 6.07) is 0. The Morgan fingerprint density at radius 1 is 1.17 bits per heavy atom. The lowest BCUT2D eigenvalue weighted by Crippen LogP contribution is -1.93. The second kappa shape index (κ2) is 3.75. The largest absolute Gasteiger partial charge is 0.0808 e. The third-order valence-electron chi connectivity index (χ3n) is 2.41. The molecular formula is C12H18. The summed E-state index contributed by atoms with van der Waals surface area (Å²) in [5, 5.41) is 0. The van der Waals surface area contributed by atoms with E-state index in [-0.39, 0.29) is 0 Å². The summed E-state index contributed by atoms with van der Waals surface area (Å²) in [4.78, 5) is 0. The van der Waals surface area contributed by atoms with Gasteiger partial charge in [-0.25, -0.2) is 0 Å². The van der Waals surface area contributed by atoms with Crippen LogP contribution < -0.4 is 0 Å². The normalized spacial score (nSPS) is 25.0. The van der Waals surface area contributed by atoms with E-state index in [1.165, 1.54) is 23.1 Å². The fourth-order valence-corrected chi connectivity index (χ4v) is 1.54. The van der Waals surface area contributed by atoms with Crippen molar-refractivity contribution in [2.24, 2.45) is 5.92 Å². The minimum absolute atomic E-state index is 0.685. The molecule has 0 aromatic carbocycles. The van der Waals surface area contributed by atoms with Crippen molar-refractivity contribution in [3.63, 3.8) is 0 Å². The van der Waals surface area contributed by atoms with Gasteiger partial charge in [-0.1, -0.05) is 36.3 Å². The summed E-state index contributed by atoms with van der Waals surface area (Å²) in [6.45, 7) is 8.82. The van der Waals surface area contributed by atoms with Crippen LogP contribution in [0.2, 0.25) is 0 Å². The van der Waals surface area contributed by atoms with E-state index in [0.29, 0.717) is 5.92 Å². The van der Waals surface area contributed by atoms with Crippen molar-refractivity contribution in [1.29, 1.82) is 0 Å². The van der Waals surface area contributed by atoms with E-state index < -0.39 is 0 Å². The van der Waals surface area contributed by atoms with Crippen LogP contribution in [0.3, 0.4) is 0 Å². The van der Waals surface area contributed by atoms with Gasteiger partial charge in [0.2, 0.25) is 0 Å². The first-order valence-corrected chi connectivity index (χ1v) is 4.63. The first kappa shape index (κ1) is 9.31. The van der Waals surface area contributed by atoms with Crippen LogP contribution in [0.15, 0.2) is 34.9 Å². The summed E-state index contributed by atoms with van der Waals surface area (Å²) < 4.78 is 0. The maximum absolute atomic E-state index is 2.34. The smallest absolute Gasteiger partial charge is 0.0221 e. The minimum Gasteiger partial charge on any atom is -0.0808 e. The van der Waals surface area contributed by atoms with E-state index >= 15 is 0 Å². The zero-order valence-electron chi connectivity index (χ0n) is 8.52. The maximum atomic E-state index is 2.34. The molecule has 0 heteroatoms. The number of rotatable bonds is 0. The highest BCUT2D eigenvalue weighted by Crippen LogP contribution is 2.19. The fourth-order valence-electron chi connectivity index (χ4n) is 1.54. The topological polar surface area (TPSA) is 0 Å². The number of hydrogen-bond acceptors (Lipinski definition) is 0. The number of hydrogen-bond donors (Lipinski definition) is 0. The quantitative estimate of drug-likeness (QED) is 0.507. The summed E-state index contributed by atoms with van der Waals surface area (Å²) >= 11 is 0. The van der Waals surface area contributed by atoms with Gasteiger partial charge in [-0.3, -0.25) is 0 Å². The zero-order valence-corrected chi connectivity index (χ0v) is 8.52. The molecule has 0 fully saturated rings. The molecule has 0 amide bonds. The summed E-state index contributed by atoms with van der Waals surface area (Å²) in [7, 11) is 0. The van der Waals surface area contributed by atoms with Crippen molar-refractivity contribution >= 4 is 0 Å². The third kappa shape index (κ3) is 2.37. The van der Waals surface area contributed by atoms with Crippen molar-refractivity contribution in [1.82, 2.24) is 0 Å². The Hall–Kier alpha value is -0.780. The van der Waals surface area contributed by atoms with Gasteiger partial charge >= 0.3 is 0 Å². The van der Waals surface area contributed by atoms with E-state index in [2.05, 4.69) is 45.9 Å². The molecule has 1 atom stereocenters. The molecule has 0 radical (unpaired) electrons. The molecule has 0 nitrogen and oxygen atoms in total. The van der Waals surface area contributed by atoms with Crippen LogP contribution in [0.1, 0.15) is 34.1 Å². The van der Waals surface area contributed by atoms with Crippen LogP contribution in [0, 0.1) is 5.92 Å². The van der Waals surface area contributed by atoms with Gasteiger partial charge in [0, 0.05) is 0 Å². The summed E-state index contributed by atoms with van der Waals surface area (Å²) in [5.74, 6) is 0.685. The van der Waals surface area contributed by atoms with Gasteiger partial charge in [0.05, 0.1) is 0 Å². The van der Waals surface area contributed by atoms with Crippen molar-refractivity contribution in [2.45, 2.75) is 34.1 Å². The molecule has 0 aromatic heterocycles. The molecule has 1 rings (SSSR count). The van der Waals surface area contributed by atoms with Crippen LogP contribution in [-0.2, 0) is 0 Å². The van der Waals surface area contributed by atoms with Crippen molar-refractivity contribution in [2.75, 3.05) is 0 Å². The van der Waals surface area contributed by atoms with Crippen LogP contribution in [0.5, 0.6) is 0 Å². The van der Waals surface area contributed by atoms with Gasteiger partial charge < -0.3 is 0 Å². The molecule has 0 bridgehead atoms. The SMILES string of the molecule is CC1=CC(C)CC=C(C)C(C)=C1.